The van der Waals surface area contributed by atoms with Crippen molar-refractivity contribution in [2.75, 3.05) is 6.61 Å². The Kier molecular flexibility index (Phi) is 7.16. The molecular formula is C10H18F2O4. The van der Waals surface area contributed by atoms with E-state index in [1.807, 2.05) is 0 Å². The van der Waals surface area contributed by atoms with Gasteiger partial charge in [0.25, 0.3) is 0 Å². The molecule has 0 bridgehead atoms. The first kappa shape index (κ1) is 15.2. The highest BCUT2D eigenvalue weighted by Gasteiger charge is 2.42. The molecule has 0 aromatic rings. The zero-order valence-electron chi connectivity index (χ0n) is 9.54. The number of carboxylic acids is 1. The van der Waals surface area contributed by atoms with E-state index in [1.165, 1.54) is 6.92 Å². The number of ether oxygens (including phenoxy) is 2. The molecule has 0 aromatic carbocycles. The van der Waals surface area contributed by atoms with Crippen LogP contribution >= 0.6 is 0 Å². The van der Waals surface area contributed by atoms with Crippen molar-refractivity contribution in [3.8, 4) is 0 Å². The van der Waals surface area contributed by atoms with Crippen LogP contribution in [0.4, 0.5) is 8.78 Å². The van der Waals surface area contributed by atoms with Gasteiger partial charge in [0.2, 0.25) is 0 Å². The monoisotopic (exact) mass is 240 g/mol. The van der Waals surface area contributed by atoms with Crippen LogP contribution in [0.5, 0.6) is 0 Å². The number of hydrogen-bond acceptors (Lipinski definition) is 3. The molecule has 0 aromatic heterocycles. The van der Waals surface area contributed by atoms with Crippen LogP contribution in [0.2, 0.25) is 0 Å². The average Bonchev–Trinajstić information content (AvgIpc) is 2.16. The van der Waals surface area contributed by atoms with Gasteiger partial charge in [-0.25, -0.2) is 4.79 Å². The Labute approximate surface area is 93.5 Å². The van der Waals surface area contributed by atoms with E-state index in [0.717, 1.165) is 25.7 Å². The van der Waals surface area contributed by atoms with Crippen molar-refractivity contribution in [1.29, 1.82) is 0 Å². The van der Waals surface area contributed by atoms with Gasteiger partial charge < -0.3 is 9.84 Å². The van der Waals surface area contributed by atoms with Crippen LogP contribution in [0.1, 0.15) is 39.5 Å². The molecule has 0 heterocycles. The number of unbranched alkanes of at least 4 members (excludes halogenated alkanes) is 3. The normalized spacial score (nSPS) is 13.8. The second-order valence-corrected chi connectivity index (χ2v) is 3.44. The minimum absolute atomic E-state index is 0.289. The van der Waals surface area contributed by atoms with E-state index in [0.29, 0.717) is 0 Å². The number of carboxylic acid groups (broad SMARTS) is 1. The predicted octanol–water partition coefficient (Wildman–Crippen LogP) is 2.62. The lowest BCUT2D eigenvalue weighted by Crippen LogP contribution is -2.36. The van der Waals surface area contributed by atoms with Gasteiger partial charge in [-0.1, -0.05) is 26.2 Å². The van der Waals surface area contributed by atoms with Gasteiger partial charge in [0, 0.05) is 6.61 Å². The topological polar surface area (TPSA) is 55.8 Å². The Bertz CT molecular complexity index is 209. The lowest BCUT2D eigenvalue weighted by molar-refractivity contribution is -0.302. The van der Waals surface area contributed by atoms with Gasteiger partial charge >= 0.3 is 12.1 Å². The molecule has 1 N–H and O–H groups in total. The fourth-order valence-corrected chi connectivity index (χ4v) is 1.07. The SMILES string of the molecule is CCCCCCOC(C)OC(F)(F)C(=O)O. The average molecular weight is 240 g/mol. The summed E-state index contributed by atoms with van der Waals surface area (Å²) < 4.78 is 33.9. The Balaban J connectivity index is 3.66. The third-order valence-corrected chi connectivity index (χ3v) is 1.91. The van der Waals surface area contributed by atoms with Crippen molar-refractivity contribution in [1.82, 2.24) is 0 Å². The predicted molar refractivity (Wildman–Crippen MR) is 53.2 cm³/mol. The van der Waals surface area contributed by atoms with Crippen LogP contribution in [0.3, 0.4) is 0 Å². The molecule has 0 amide bonds. The molecule has 16 heavy (non-hydrogen) atoms. The van der Waals surface area contributed by atoms with Crippen molar-refractivity contribution in [2.24, 2.45) is 0 Å². The van der Waals surface area contributed by atoms with Crippen LogP contribution in [0, 0.1) is 0 Å². The van der Waals surface area contributed by atoms with E-state index >= 15 is 0 Å². The van der Waals surface area contributed by atoms with E-state index in [4.69, 9.17) is 9.84 Å². The smallest absolute Gasteiger partial charge is 0.458 e. The maximum Gasteiger partial charge on any atom is 0.458 e. The van der Waals surface area contributed by atoms with E-state index in [9.17, 15) is 13.6 Å². The quantitative estimate of drug-likeness (QED) is 0.497. The molecule has 1 atom stereocenters. The molecule has 0 aliphatic rings. The van der Waals surface area contributed by atoms with Crippen LogP contribution < -0.4 is 0 Å². The lowest BCUT2D eigenvalue weighted by Gasteiger charge is -2.18. The number of aliphatic carboxylic acids is 1. The minimum Gasteiger partial charge on any atom is -0.475 e. The van der Waals surface area contributed by atoms with Crippen LogP contribution in [0.15, 0.2) is 0 Å². The molecule has 0 saturated heterocycles. The second kappa shape index (κ2) is 7.51. The molecular weight excluding hydrogens is 222 g/mol. The number of rotatable bonds is 9. The van der Waals surface area contributed by atoms with Gasteiger partial charge in [0.05, 0.1) is 0 Å². The van der Waals surface area contributed by atoms with Crippen LogP contribution in [0.25, 0.3) is 0 Å². The zero-order valence-corrected chi connectivity index (χ0v) is 9.54. The molecule has 0 radical (unpaired) electrons. The highest BCUT2D eigenvalue weighted by molar-refractivity contribution is 5.73. The summed E-state index contributed by atoms with van der Waals surface area (Å²) >= 11 is 0. The van der Waals surface area contributed by atoms with Crippen molar-refractivity contribution < 1.29 is 28.2 Å². The molecule has 0 rings (SSSR count). The lowest BCUT2D eigenvalue weighted by atomic mass is 10.2. The molecule has 0 aliphatic carbocycles. The zero-order chi connectivity index (χ0) is 12.6. The summed E-state index contributed by atoms with van der Waals surface area (Å²) in [6, 6.07) is 0. The second-order valence-electron chi connectivity index (χ2n) is 3.44. The first-order valence-electron chi connectivity index (χ1n) is 5.30. The fraction of sp³-hybridized carbons (Fsp3) is 0.900. The number of hydrogen-bond donors (Lipinski definition) is 1. The van der Waals surface area contributed by atoms with E-state index in [1.54, 1.807) is 0 Å². The molecule has 0 fully saturated rings. The summed E-state index contributed by atoms with van der Waals surface area (Å²) in [5, 5.41) is 8.10. The van der Waals surface area contributed by atoms with Crippen molar-refractivity contribution in [2.45, 2.75) is 51.9 Å². The Morgan fingerprint density at radius 1 is 1.38 bits per heavy atom. The maximum atomic E-state index is 12.5. The Morgan fingerprint density at radius 2 is 2.00 bits per heavy atom. The molecule has 96 valence electrons. The number of alkyl halides is 2. The Hall–Kier alpha value is -0.750. The van der Waals surface area contributed by atoms with Gasteiger partial charge in [-0.3, -0.25) is 4.74 Å². The third-order valence-electron chi connectivity index (χ3n) is 1.91. The van der Waals surface area contributed by atoms with E-state index in [2.05, 4.69) is 11.7 Å². The highest BCUT2D eigenvalue weighted by Crippen LogP contribution is 2.18. The van der Waals surface area contributed by atoms with Gasteiger partial charge in [-0.05, 0) is 13.3 Å². The fourth-order valence-electron chi connectivity index (χ4n) is 1.07. The molecule has 0 saturated carbocycles. The van der Waals surface area contributed by atoms with Crippen molar-refractivity contribution >= 4 is 5.97 Å². The van der Waals surface area contributed by atoms with Crippen molar-refractivity contribution in [3.63, 3.8) is 0 Å². The number of halogens is 2. The summed E-state index contributed by atoms with van der Waals surface area (Å²) in [6.07, 6.45) is -1.58. The molecule has 4 nitrogen and oxygen atoms in total. The van der Waals surface area contributed by atoms with E-state index in [-0.39, 0.29) is 6.61 Å². The molecule has 0 aliphatic heterocycles. The summed E-state index contributed by atoms with van der Waals surface area (Å²) in [4.78, 5) is 10.0. The van der Waals surface area contributed by atoms with Crippen LogP contribution in [-0.4, -0.2) is 30.1 Å². The third kappa shape index (κ3) is 6.68. The first-order valence-corrected chi connectivity index (χ1v) is 5.30. The highest BCUT2D eigenvalue weighted by atomic mass is 19.3. The summed E-state index contributed by atoms with van der Waals surface area (Å²) in [5.41, 5.74) is 0. The molecule has 0 spiro atoms. The Morgan fingerprint density at radius 3 is 2.50 bits per heavy atom. The molecule has 6 heteroatoms. The summed E-state index contributed by atoms with van der Waals surface area (Å²) in [6.45, 7) is 3.59. The first-order chi connectivity index (χ1) is 7.40. The minimum atomic E-state index is -4.19. The van der Waals surface area contributed by atoms with Gasteiger partial charge in [0.1, 0.15) is 0 Å². The van der Waals surface area contributed by atoms with Gasteiger partial charge in [-0.15, -0.1) is 0 Å². The van der Waals surface area contributed by atoms with Crippen molar-refractivity contribution in [3.05, 3.63) is 0 Å². The summed E-state index contributed by atoms with van der Waals surface area (Å²) in [7, 11) is 0. The van der Waals surface area contributed by atoms with E-state index < -0.39 is 18.4 Å². The molecule has 1 unspecified atom stereocenters. The number of carbonyl (C=O) groups is 1. The standard InChI is InChI=1S/C10H18F2O4/c1-3-4-5-6-7-15-8(2)16-10(11,12)9(13)14/h8H,3-7H2,1-2H3,(H,13,14). The van der Waals surface area contributed by atoms with Gasteiger partial charge in [0.15, 0.2) is 6.29 Å². The summed E-state index contributed by atoms with van der Waals surface area (Å²) in [5.74, 6) is -2.31. The van der Waals surface area contributed by atoms with Gasteiger partial charge in [-0.2, -0.15) is 8.78 Å². The largest absolute Gasteiger partial charge is 0.475 e. The van der Waals surface area contributed by atoms with Crippen LogP contribution in [-0.2, 0) is 14.3 Å². The maximum absolute atomic E-state index is 12.5.